The van der Waals surface area contributed by atoms with E-state index in [9.17, 15) is 19.1 Å². The third-order valence-corrected chi connectivity index (χ3v) is 7.88. The van der Waals surface area contributed by atoms with E-state index in [1.807, 2.05) is 0 Å². The number of nitrogens with one attached hydrogen (secondary N) is 2. The molecule has 0 bridgehead atoms. The van der Waals surface area contributed by atoms with Crippen LogP contribution in [0, 0.1) is 24.0 Å². The van der Waals surface area contributed by atoms with Crippen molar-refractivity contribution in [2.75, 3.05) is 50.1 Å². The predicted octanol–water partition coefficient (Wildman–Crippen LogP) is 3.54. The van der Waals surface area contributed by atoms with Gasteiger partial charge in [0.2, 0.25) is 17.7 Å². The van der Waals surface area contributed by atoms with E-state index >= 15 is 4.39 Å². The largest absolute Gasteiger partial charge is 0.489 e. The van der Waals surface area contributed by atoms with E-state index in [0.717, 1.165) is 19.2 Å². The first kappa shape index (κ1) is 30.4. The average molecular weight is 623 g/mol. The molecule has 0 radical (unpaired) electrons. The number of carbonyl (C=O) groups excluding carboxylic acids is 2. The maximum atomic E-state index is 15.1. The molecule has 4 aromatic rings. The van der Waals surface area contributed by atoms with Gasteiger partial charge < -0.3 is 30.0 Å². The molecule has 2 fully saturated rings. The summed E-state index contributed by atoms with van der Waals surface area (Å²) in [6, 6.07) is 9.09. The van der Waals surface area contributed by atoms with Crippen molar-refractivity contribution >= 4 is 28.7 Å². The number of carbonyl (C=O) groups is 2. The van der Waals surface area contributed by atoms with Crippen LogP contribution in [0.4, 0.5) is 20.2 Å². The van der Waals surface area contributed by atoms with Crippen molar-refractivity contribution in [1.82, 2.24) is 19.5 Å². The van der Waals surface area contributed by atoms with Crippen LogP contribution < -0.4 is 20.1 Å². The van der Waals surface area contributed by atoms with Crippen LogP contribution in [-0.2, 0) is 14.3 Å². The van der Waals surface area contributed by atoms with E-state index in [2.05, 4.69) is 25.6 Å². The minimum absolute atomic E-state index is 0.0757. The van der Waals surface area contributed by atoms with Crippen molar-refractivity contribution in [3.8, 4) is 17.4 Å². The molecule has 3 heterocycles. The summed E-state index contributed by atoms with van der Waals surface area (Å²) in [5, 5.41) is 19.8. The number of rotatable bonds is 11. The molecule has 0 spiro atoms. The van der Waals surface area contributed by atoms with Crippen molar-refractivity contribution in [2.24, 2.45) is 5.41 Å². The molecule has 236 valence electrons. The highest BCUT2D eigenvalue weighted by Crippen LogP contribution is 2.47. The Labute approximate surface area is 256 Å². The molecule has 1 unspecified atom stereocenters. The Kier molecular flexibility index (Phi) is 8.61. The zero-order chi connectivity index (χ0) is 31.6. The van der Waals surface area contributed by atoms with E-state index in [1.165, 1.54) is 47.2 Å². The number of anilines is 2. The van der Waals surface area contributed by atoms with Gasteiger partial charge in [0.1, 0.15) is 53.1 Å². The van der Waals surface area contributed by atoms with Gasteiger partial charge in [-0.1, -0.05) is 0 Å². The van der Waals surface area contributed by atoms with Crippen LogP contribution in [0.25, 0.3) is 5.52 Å². The number of morpholine rings is 1. The summed E-state index contributed by atoms with van der Waals surface area (Å²) >= 11 is 0. The highest BCUT2D eigenvalue weighted by molar-refractivity contribution is 6.16. The minimum atomic E-state index is -1.34. The van der Waals surface area contributed by atoms with Gasteiger partial charge in [0, 0.05) is 37.0 Å². The van der Waals surface area contributed by atoms with Gasteiger partial charge in [-0.05, 0) is 56.2 Å². The zero-order valence-electron chi connectivity index (χ0n) is 24.5. The van der Waals surface area contributed by atoms with E-state index in [0.29, 0.717) is 55.1 Å². The fraction of sp³-hybridized carbons (Fsp3) is 0.355. The molecule has 2 aliphatic rings. The number of aromatic nitrogens is 3. The monoisotopic (exact) mass is 622 g/mol. The van der Waals surface area contributed by atoms with Crippen molar-refractivity contribution in [3.05, 3.63) is 72.2 Å². The zero-order valence-corrected chi connectivity index (χ0v) is 24.5. The van der Waals surface area contributed by atoms with Crippen LogP contribution in [0.5, 0.6) is 17.4 Å². The number of ether oxygens (including phenoxy) is 3. The molecule has 6 rings (SSSR count). The topological polar surface area (TPSA) is 140 Å². The molecule has 45 heavy (non-hydrogen) atoms. The Bertz CT molecular complexity index is 1700. The fourth-order valence-corrected chi connectivity index (χ4v) is 5.13. The van der Waals surface area contributed by atoms with Crippen LogP contribution in [0.15, 0.2) is 55.0 Å². The minimum Gasteiger partial charge on any atom is -0.489 e. The van der Waals surface area contributed by atoms with E-state index in [-0.39, 0.29) is 23.9 Å². The number of aliphatic hydroxyl groups excluding tert-OH is 1. The van der Waals surface area contributed by atoms with Gasteiger partial charge in [-0.25, -0.2) is 13.3 Å². The lowest BCUT2D eigenvalue weighted by Crippen LogP contribution is -2.42. The number of halogens is 2. The normalized spacial score (nSPS) is 16.6. The lowest BCUT2D eigenvalue weighted by Gasteiger charge is -2.28. The summed E-state index contributed by atoms with van der Waals surface area (Å²) in [7, 11) is 0. The number of hydrogen-bond acceptors (Lipinski definition) is 9. The van der Waals surface area contributed by atoms with E-state index in [1.54, 1.807) is 13.1 Å². The molecule has 12 nitrogen and oxygen atoms in total. The van der Waals surface area contributed by atoms with Crippen molar-refractivity contribution < 1.29 is 37.7 Å². The molecular weight excluding hydrogens is 590 g/mol. The number of fused-ring (bicyclic) bond motifs is 1. The molecule has 2 amide bonds. The molecule has 1 saturated heterocycles. The van der Waals surface area contributed by atoms with Gasteiger partial charge in [-0.2, -0.15) is 10.1 Å². The quantitative estimate of drug-likeness (QED) is 0.214. The Morgan fingerprint density at radius 1 is 1.09 bits per heavy atom. The summed E-state index contributed by atoms with van der Waals surface area (Å²) in [4.78, 5) is 32.2. The lowest BCUT2D eigenvalue weighted by atomic mass is 10.0. The SMILES string of the molecule is Cc1c(OCC(O)CN2CCOCC2)cn2ncnc(Oc3ccc(NC(=O)C4(C(=O)Nc5ccc(F)cc5)CC4)c(F)c3)c12. The molecule has 1 saturated carbocycles. The van der Waals surface area contributed by atoms with Crippen molar-refractivity contribution in [3.63, 3.8) is 0 Å². The van der Waals surface area contributed by atoms with Crippen molar-refractivity contribution in [1.29, 1.82) is 0 Å². The second-order valence-electron chi connectivity index (χ2n) is 11.1. The Morgan fingerprint density at radius 3 is 2.53 bits per heavy atom. The summed E-state index contributed by atoms with van der Waals surface area (Å²) < 4.78 is 47.0. The number of β-amino-alcohol motifs (C(OH)–C–C–N with tert-alkyl or cyclic N) is 1. The van der Waals surface area contributed by atoms with Gasteiger partial charge in [0.25, 0.3) is 0 Å². The fourth-order valence-electron chi connectivity index (χ4n) is 5.13. The first-order valence-corrected chi connectivity index (χ1v) is 14.5. The van der Waals surface area contributed by atoms with Crippen molar-refractivity contribution in [2.45, 2.75) is 25.9 Å². The smallest absolute Gasteiger partial charge is 0.247 e. The number of hydrogen-bond donors (Lipinski definition) is 3. The molecule has 1 atom stereocenters. The van der Waals surface area contributed by atoms with E-state index < -0.39 is 35.0 Å². The number of aryl methyl sites for hydroxylation is 1. The Morgan fingerprint density at radius 2 is 1.82 bits per heavy atom. The van der Waals surface area contributed by atoms with Crippen LogP contribution in [0.3, 0.4) is 0 Å². The lowest BCUT2D eigenvalue weighted by molar-refractivity contribution is -0.131. The first-order valence-electron chi connectivity index (χ1n) is 14.5. The number of aliphatic hydroxyl groups is 1. The van der Waals surface area contributed by atoms with Gasteiger partial charge in [0.15, 0.2) is 0 Å². The third kappa shape index (κ3) is 6.72. The molecule has 3 N–H and O–H groups in total. The van der Waals surface area contributed by atoms with Crippen LogP contribution in [0.1, 0.15) is 18.4 Å². The van der Waals surface area contributed by atoms with Gasteiger partial charge in [0.05, 0.1) is 25.1 Å². The highest BCUT2D eigenvalue weighted by atomic mass is 19.1. The Hall–Kier alpha value is -4.66. The number of benzene rings is 2. The Balaban J connectivity index is 1.10. The number of amides is 2. The molecule has 2 aromatic heterocycles. The predicted molar refractivity (Wildman–Crippen MR) is 158 cm³/mol. The summed E-state index contributed by atoms with van der Waals surface area (Å²) in [6.07, 6.45) is 2.84. The third-order valence-electron chi connectivity index (χ3n) is 7.88. The van der Waals surface area contributed by atoms with Gasteiger partial charge in [-0.3, -0.25) is 14.5 Å². The maximum Gasteiger partial charge on any atom is 0.247 e. The van der Waals surface area contributed by atoms with Crippen LogP contribution >= 0.6 is 0 Å². The summed E-state index contributed by atoms with van der Waals surface area (Å²) in [5.74, 6) is -1.65. The molecule has 2 aromatic carbocycles. The molecule has 1 aliphatic carbocycles. The van der Waals surface area contributed by atoms with Crippen LogP contribution in [-0.4, -0.2) is 82.0 Å². The summed E-state index contributed by atoms with van der Waals surface area (Å²) in [5.41, 5.74) is 0.0578. The van der Waals surface area contributed by atoms with Gasteiger partial charge in [-0.15, -0.1) is 0 Å². The average Bonchev–Trinajstić information content (AvgIpc) is 3.78. The second-order valence-corrected chi connectivity index (χ2v) is 11.1. The standard InChI is InChI=1S/C31H32F2N6O6/c1-19-26(44-17-22(40)15-38-10-12-43-13-11-38)16-39-27(19)28(34-18-35-39)45-23-6-7-25(24(33)14-23)37-30(42)31(8-9-31)29(41)36-21-4-2-20(32)3-5-21/h2-7,14,16,18,22,40H,8-13,15,17H2,1H3,(H,36,41)(H,37,42). The second kappa shape index (κ2) is 12.8. The summed E-state index contributed by atoms with van der Waals surface area (Å²) in [6.45, 7) is 5.14. The maximum absolute atomic E-state index is 15.1. The van der Waals surface area contributed by atoms with E-state index in [4.69, 9.17) is 14.2 Å². The molecular formula is C31H32F2N6O6. The highest BCUT2D eigenvalue weighted by Gasteiger charge is 2.56. The van der Waals surface area contributed by atoms with Crippen LogP contribution in [0.2, 0.25) is 0 Å². The van der Waals surface area contributed by atoms with Gasteiger partial charge >= 0.3 is 0 Å². The number of nitrogens with zero attached hydrogens (tertiary/aromatic N) is 4. The molecule has 14 heteroatoms. The first-order chi connectivity index (χ1) is 21.7. The molecule has 1 aliphatic heterocycles.